The van der Waals surface area contributed by atoms with Gasteiger partial charge in [-0.2, -0.15) is 0 Å². The highest BCUT2D eigenvalue weighted by Crippen LogP contribution is 2.11. The van der Waals surface area contributed by atoms with Crippen LogP contribution in [0.2, 0.25) is 0 Å². The van der Waals surface area contributed by atoms with Crippen LogP contribution in [0.5, 0.6) is 0 Å². The summed E-state index contributed by atoms with van der Waals surface area (Å²) in [5.41, 5.74) is 1.11. The summed E-state index contributed by atoms with van der Waals surface area (Å²) in [6, 6.07) is 10.1. The van der Waals surface area contributed by atoms with E-state index in [9.17, 15) is 4.79 Å². The minimum absolute atomic E-state index is 0.0125. The van der Waals surface area contributed by atoms with Crippen molar-refractivity contribution in [3.63, 3.8) is 0 Å². The topological polar surface area (TPSA) is 41.6 Å². The van der Waals surface area contributed by atoms with Crippen LogP contribution in [-0.2, 0) is 11.3 Å². The number of benzene rings is 1. The molecule has 1 N–H and O–H groups in total. The molecule has 1 saturated heterocycles. The molecule has 1 fully saturated rings. The fourth-order valence-electron chi connectivity index (χ4n) is 2.06. The van der Waals surface area contributed by atoms with Gasteiger partial charge in [0.15, 0.2) is 0 Å². The molecule has 0 bridgehead atoms. The summed E-state index contributed by atoms with van der Waals surface area (Å²) in [6.45, 7) is 5.83. The van der Waals surface area contributed by atoms with Crippen molar-refractivity contribution >= 4 is 6.03 Å². The number of nitrogens with zero attached hydrogens (tertiary/aromatic N) is 1. The second-order valence-corrected chi connectivity index (χ2v) is 4.79. The van der Waals surface area contributed by atoms with E-state index in [-0.39, 0.29) is 18.2 Å². The van der Waals surface area contributed by atoms with Crippen LogP contribution in [0.15, 0.2) is 30.3 Å². The van der Waals surface area contributed by atoms with E-state index in [0.717, 1.165) is 5.56 Å². The monoisotopic (exact) mass is 248 g/mol. The molecule has 1 aliphatic heterocycles. The van der Waals surface area contributed by atoms with E-state index in [4.69, 9.17) is 4.74 Å². The van der Waals surface area contributed by atoms with Crippen molar-refractivity contribution in [2.75, 3.05) is 13.2 Å². The SMILES string of the molecule is CC1CN(C(=O)NCc2ccccc2)C(C)CO1. The molecule has 2 unspecified atom stereocenters. The van der Waals surface area contributed by atoms with Gasteiger partial charge in [0.1, 0.15) is 0 Å². The highest BCUT2D eigenvalue weighted by Gasteiger charge is 2.27. The van der Waals surface area contributed by atoms with E-state index in [2.05, 4.69) is 5.32 Å². The van der Waals surface area contributed by atoms with Gasteiger partial charge in [-0.25, -0.2) is 4.79 Å². The van der Waals surface area contributed by atoms with Crippen LogP contribution in [-0.4, -0.2) is 36.2 Å². The van der Waals surface area contributed by atoms with Gasteiger partial charge in [-0.15, -0.1) is 0 Å². The summed E-state index contributed by atoms with van der Waals surface area (Å²) >= 11 is 0. The third kappa shape index (κ3) is 3.23. The Kier molecular flexibility index (Phi) is 4.20. The van der Waals surface area contributed by atoms with E-state index in [0.29, 0.717) is 19.7 Å². The molecule has 2 amide bonds. The zero-order valence-electron chi connectivity index (χ0n) is 10.9. The molecule has 1 aliphatic rings. The molecule has 18 heavy (non-hydrogen) atoms. The number of ether oxygens (including phenoxy) is 1. The van der Waals surface area contributed by atoms with Gasteiger partial charge >= 0.3 is 6.03 Å². The number of amides is 2. The Balaban J connectivity index is 1.87. The lowest BCUT2D eigenvalue weighted by Gasteiger charge is -2.36. The molecule has 0 saturated carbocycles. The van der Waals surface area contributed by atoms with Crippen molar-refractivity contribution in [1.82, 2.24) is 10.2 Å². The number of carbonyl (C=O) groups excluding carboxylic acids is 1. The lowest BCUT2D eigenvalue weighted by atomic mass is 10.2. The lowest BCUT2D eigenvalue weighted by Crippen LogP contribution is -2.53. The minimum Gasteiger partial charge on any atom is -0.375 e. The Bertz CT molecular complexity index is 394. The highest BCUT2D eigenvalue weighted by molar-refractivity contribution is 5.74. The number of hydrogen-bond acceptors (Lipinski definition) is 2. The molecule has 2 atom stereocenters. The van der Waals surface area contributed by atoms with Crippen molar-refractivity contribution in [2.24, 2.45) is 0 Å². The number of hydrogen-bond donors (Lipinski definition) is 1. The van der Waals surface area contributed by atoms with E-state index in [1.165, 1.54) is 0 Å². The molecule has 98 valence electrons. The number of nitrogens with one attached hydrogen (secondary N) is 1. The summed E-state index contributed by atoms with van der Waals surface area (Å²) in [7, 11) is 0. The minimum atomic E-state index is -0.0125. The van der Waals surface area contributed by atoms with Crippen molar-refractivity contribution in [2.45, 2.75) is 32.5 Å². The van der Waals surface area contributed by atoms with Gasteiger partial charge in [0, 0.05) is 13.1 Å². The molecule has 0 radical (unpaired) electrons. The smallest absolute Gasteiger partial charge is 0.318 e. The fourth-order valence-corrected chi connectivity index (χ4v) is 2.06. The molecule has 0 aliphatic carbocycles. The number of rotatable bonds is 2. The first kappa shape index (κ1) is 12.9. The van der Waals surface area contributed by atoms with Gasteiger partial charge in [-0.05, 0) is 19.4 Å². The number of urea groups is 1. The summed E-state index contributed by atoms with van der Waals surface area (Å²) in [5, 5.41) is 2.95. The van der Waals surface area contributed by atoms with E-state index in [1.807, 2.05) is 49.1 Å². The molecule has 1 heterocycles. The van der Waals surface area contributed by atoms with Crippen LogP contribution in [0, 0.1) is 0 Å². The average Bonchev–Trinajstić information content (AvgIpc) is 2.40. The van der Waals surface area contributed by atoms with Crippen molar-refractivity contribution < 1.29 is 9.53 Å². The van der Waals surface area contributed by atoms with Gasteiger partial charge in [-0.1, -0.05) is 30.3 Å². The first-order valence-corrected chi connectivity index (χ1v) is 6.37. The van der Waals surface area contributed by atoms with Crippen molar-refractivity contribution in [3.05, 3.63) is 35.9 Å². The Morgan fingerprint density at radius 2 is 2.11 bits per heavy atom. The molecule has 4 nitrogen and oxygen atoms in total. The first-order valence-electron chi connectivity index (χ1n) is 6.37. The number of carbonyl (C=O) groups is 1. The quantitative estimate of drug-likeness (QED) is 0.869. The van der Waals surface area contributed by atoms with Crippen LogP contribution in [0.3, 0.4) is 0 Å². The molecular weight excluding hydrogens is 228 g/mol. The summed E-state index contributed by atoms with van der Waals surface area (Å²) < 4.78 is 5.51. The molecule has 4 heteroatoms. The maximum Gasteiger partial charge on any atom is 0.318 e. The van der Waals surface area contributed by atoms with Crippen LogP contribution < -0.4 is 5.32 Å². The lowest BCUT2D eigenvalue weighted by molar-refractivity contribution is -0.0318. The van der Waals surface area contributed by atoms with Gasteiger partial charge in [-0.3, -0.25) is 0 Å². The third-order valence-electron chi connectivity index (χ3n) is 3.16. The van der Waals surface area contributed by atoms with Gasteiger partial charge < -0.3 is 15.0 Å². The Morgan fingerprint density at radius 1 is 1.39 bits per heavy atom. The second kappa shape index (κ2) is 5.87. The zero-order valence-corrected chi connectivity index (χ0v) is 10.9. The zero-order chi connectivity index (χ0) is 13.0. The normalized spacial score (nSPS) is 23.8. The Labute approximate surface area is 108 Å². The van der Waals surface area contributed by atoms with Gasteiger partial charge in [0.05, 0.1) is 18.8 Å². The van der Waals surface area contributed by atoms with Crippen molar-refractivity contribution in [3.8, 4) is 0 Å². The van der Waals surface area contributed by atoms with E-state index in [1.54, 1.807) is 0 Å². The van der Waals surface area contributed by atoms with Crippen LogP contribution in [0.1, 0.15) is 19.4 Å². The molecule has 0 aromatic heterocycles. The fraction of sp³-hybridized carbons (Fsp3) is 0.500. The van der Waals surface area contributed by atoms with Crippen LogP contribution in [0.25, 0.3) is 0 Å². The van der Waals surface area contributed by atoms with E-state index >= 15 is 0 Å². The third-order valence-corrected chi connectivity index (χ3v) is 3.16. The molecule has 1 aromatic rings. The average molecular weight is 248 g/mol. The summed E-state index contributed by atoms with van der Waals surface area (Å²) in [4.78, 5) is 13.9. The first-order chi connectivity index (χ1) is 8.66. The maximum absolute atomic E-state index is 12.1. The highest BCUT2D eigenvalue weighted by atomic mass is 16.5. The molecule has 2 rings (SSSR count). The summed E-state index contributed by atoms with van der Waals surface area (Å²) in [5.74, 6) is 0. The van der Waals surface area contributed by atoms with Gasteiger partial charge in [0.25, 0.3) is 0 Å². The predicted octanol–water partition coefficient (Wildman–Crippen LogP) is 2.01. The molecule has 1 aromatic carbocycles. The van der Waals surface area contributed by atoms with E-state index < -0.39 is 0 Å². The standard InChI is InChI=1S/C14H20N2O2/c1-11-10-18-12(2)9-16(11)14(17)15-8-13-6-4-3-5-7-13/h3-7,11-12H,8-10H2,1-2H3,(H,15,17). The van der Waals surface area contributed by atoms with Crippen LogP contribution in [0.4, 0.5) is 4.79 Å². The second-order valence-electron chi connectivity index (χ2n) is 4.79. The largest absolute Gasteiger partial charge is 0.375 e. The Morgan fingerprint density at radius 3 is 2.83 bits per heavy atom. The van der Waals surface area contributed by atoms with Gasteiger partial charge in [0.2, 0.25) is 0 Å². The van der Waals surface area contributed by atoms with Crippen LogP contribution >= 0.6 is 0 Å². The summed E-state index contributed by atoms with van der Waals surface area (Å²) in [6.07, 6.45) is 0.115. The maximum atomic E-state index is 12.1. The molecule has 0 spiro atoms. The Hall–Kier alpha value is -1.55. The molecular formula is C14H20N2O2. The number of morpholine rings is 1. The van der Waals surface area contributed by atoms with Crippen molar-refractivity contribution in [1.29, 1.82) is 0 Å². The predicted molar refractivity (Wildman–Crippen MR) is 70.3 cm³/mol.